The van der Waals surface area contributed by atoms with Gasteiger partial charge in [-0.3, -0.25) is 9.59 Å². The molecule has 0 aromatic carbocycles. The maximum atomic E-state index is 12.6. The summed E-state index contributed by atoms with van der Waals surface area (Å²) in [5, 5.41) is 62.6. The van der Waals surface area contributed by atoms with Crippen LogP contribution in [0.4, 0.5) is 0 Å². The van der Waals surface area contributed by atoms with E-state index >= 15 is 0 Å². The number of fused-ring (bicyclic) bond motifs is 1. The van der Waals surface area contributed by atoms with Gasteiger partial charge in [-0.05, 0) is 19.9 Å². The number of epoxide rings is 1. The number of hydrogen-bond acceptors (Lipinski definition) is 13. The number of carbonyl (C=O) groups is 3. The summed E-state index contributed by atoms with van der Waals surface area (Å²) in [5.74, 6) is -4.54. The summed E-state index contributed by atoms with van der Waals surface area (Å²) in [4.78, 5) is 36.9. The number of nitrogens with two attached hydrogens (primary N) is 1. The summed E-state index contributed by atoms with van der Waals surface area (Å²) in [5.41, 5.74) is 5.91. The van der Waals surface area contributed by atoms with E-state index in [0.717, 1.165) is 0 Å². The molecule has 13 atom stereocenters. The Morgan fingerprint density at radius 2 is 1.55 bits per heavy atom. The Bertz CT molecular complexity index is 1200. The predicted molar refractivity (Wildman–Crippen MR) is 166 cm³/mol. The zero-order valence-corrected chi connectivity index (χ0v) is 26.4. The van der Waals surface area contributed by atoms with Crippen LogP contribution in [0.3, 0.4) is 0 Å². The number of Topliss-reactive ketones (excluding diaryl/α,β-unsaturated/α-hetero) is 1. The fourth-order valence-corrected chi connectivity index (χ4v) is 5.33. The van der Waals surface area contributed by atoms with Crippen LogP contribution >= 0.6 is 0 Å². The number of esters is 1. The molecular formula is C33H47NO13. The Morgan fingerprint density at radius 3 is 2.26 bits per heavy atom. The van der Waals surface area contributed by atoms with Crippen molar-refractivity contribution in [3.8, 4) is 0 Å². The Balaban J connectivity index is 1.79. The van der Waals surface area contributed by atoms with Crippen molar-refractivity contribution >= 4 is 17.7 Å². The highest BCUT2D eigenvalue weighted by molar-refractivity contribution is 5.82. The number of allylic oxidation sites excluding steroid dienone is 6. The summed E-state index contributed by atoms with van der Waals surface area (Å²) in [7, 11) is 0. The number of hydrogen-bond donors (Lipinski definition) is 7. The van der Waals surface area contributed by atoms with Gasteiger partial charge in [0.15, 0.2) is 6.29 Å². The van der Waals surface area contributed by atoms with Gasteiger partial charge in [-0.15, -0.1) is 0 Å². The molecule has 3 rings (SSSR count). The highest BCUT2D eigenvalue weighted by Crippen LogP contribution is 2.29. The zero-order chi connectivity index (χ0) is 34.7. The lowest BCUT2D eigenvalue weighted by molar-refractivity contribution is -0.277. The van der Waals surface area contributed by atoms with E-state index in [1.165, 1.54) is 25.2 Å². The van der Waals surface area contributed by atoms with Crippen molar-refractivity contribution in [1.82, 2.24) is 0 Å². The van der Waals surface area contributed by atoms with Gasteiger partial charge in [-0.25, -0.2) is 4.79 Å². The third-order valence-electron chi connectivity index (χ3n) is 8.05. The third kappa shape index (κ3) is 12.5. The van der Waals surface area contributed by atoms with Crippen molar-refractivity contribution in [2.45, 2.75) is 119 Å². The van der Waals surface area contributed by atoms with Gasteiger partial charge in [0.05, 0.1) is 48.8 Å². The Kier molecular flexibility index (Phi) is 15.1. The third-order valence-corrected chi connectivity index (χ3v) is 8.05. The molecule has 0 aromatic rings. The molecule has 2 fully saturated rings. The van der Waals surface area contributed by atoms with Gasteiger partial charge in [0, 0.05) is 38.2 Å². The van der Waals surface area contributed by atoms with Gasteiger partial charge in [-0.1, -0.05) is 48.6 Å². The SMILES string of the molecule is CC1C/C=C/C=C/C=C/C=C/C(OC2OC(C)C(O)C(N)C2O)CC(O)C(C(=O)O)C(O)CC(=O)CC(O)CC2OC2/C=C/C(=O)O1. The van der Waals surface area contributed by atoms with Crippen molar-refractivity contribution in [3.63, 3.8) is 0 Å². The van der Waals surface area contributed by atoms with Crippen LogP contribution in [0.25, 0.3) is 0 Å². The molecule has 2 saturated heterocycles. The number of carboxylic acid groups (broad SMARTS) is 1. The Labute approximate surface area is 273 Å². The van der Waals surface area contributed by atoms with Crippen LogP contribution in [0, 0.1) is 5.92 Å². The van der Waals surface area contributed by atoms with E-state index < -0.39 is 97.3 Å². The van der Waals surface area contributed by atoms with Crippen LogP contribution in [-0.2, 0) is 33.3 Å². The van der Waals surface area contributed by atoms with Crippen LogP contribution in [0.1, 0.15) is 46.0 Å². The quantitative estimate of drug-likeness (QED) is 0.155. The summed E-state index contributed by atoms with van der Waals surface area (Å²) < 4.78 is 22.2. The molecule has 14 heteroatoms. The van der Waals surface area contributed by atoms with E-state index in [2.05, 4.69) is 0 Å². The highest BCUT2D eigenvalue weighted by atomic mass is 16.7. The van der Waals surface area contributed by atoms with Gasteiger partial charge in [0.2, 0.25) is 0 Å². The molecule has 0 radical (unpaired) electrons. The number of cyclic esters (lactones) is 1. The molecule has 0 spiro atoms. The first-order chi connectivity index (χ1) is 22.3. The summed E-state index contributed by atoms with van der Waals surface area (Å²) in [6.45, 7) is 3.29. The van der Waals surface area contributed by atoms with Gasteiger partial charge in [-0.2, -0.15) is 0 Å². The van der Waals surface area contributed by atoms with Gasteiger partial charge in [0.25, 0.3) is 0 Å². The van der Waals surface area contributed by atoms with E-state index in [-0.39, 0.29) is 25.4 Å². The molecule has 8 N–H and O–H groups in total. The number of ketones is 1. The van der Waals surface area contributed by atoms with Crippen molar-refractivity contribution in [1.29, 1.82) is 0 Å². The number of carboxylic acids is 1. The number of carbonyl (C=O) groups excluding carboxylic acids is 2. The molecule has 262 valence electrons. The Hall–Kier alpha value is -3.05. The second-order valence-corrected chi connectivity index (χ2v) is 12.1. The number of aliphatic hydroxyl groups excluding tert-OH is 5. The van der Waals surface area contributed by atoms with Crippen molar-refractivity contribution < 1.29 is 64.0 Å². The van der Waals surface area contributed by atoms with Gasteiger partial charge in [0.1, 0.15) is 30.0 Å². The molecule has 3 aliphatic rings. The molecule has 0 amide bonds. The summed E-state index contributed by atoms with van der Waals surface area (Å²) >= 11 is 0. The summed E-state index contributed by atoms with van der Waals surface area (Å²) in [6, 6.07) is -1.10. The average molecular weight is 666 g/mol. The minimum Gasteiger partial charge on any atom is -0.481 e. The van der Waals surface area contributed by atoms with Crippen molar-refractivity contribution in [2.75, 3.05) is 0 Å². The van der Waals surface area contributed by atoms with E-state index in [1.54, 1.807) is 43.4 Å². The average Bonchev–Trinajstić information content (AvgIpc) is 3.72. The number of ether oxygens (including phenoxy) is 4. The van der Waals surface area contributed by atoms with Gasteiger partial charge >= 0.3 is 11.9 Å². The molecule has 0 saturated carbocycles. The monoisotopic (exact) mass is 665 g/mol. The van der Waals surface area contributed by atoms with E-state index in [1.807, 2.05) is 6.08 Å². The van der Waals surface area contributed by atoms with E-state index in [9.17, 15) is 45.0 Å². The van der Waals surface area contributed by atoms with E-state index in [4.69, 9.17) is 24.7 Å². The molecule has 3 aliphatic heterocycles. The fraction of sp³-hybridized carbons (Fsp3) is 0.606. The molecule has 3 heterocycles. The standard InChI is InChI=1S/C33H47NO13/c1-18-10-8-6-4-3-5-7-9-11-22(46-33-31(41)29(34)30(40)19(2)45-33)17-24(38)28(32(42)43)23(37)15-20(35)14-21(36)16-26-25(47-26)12-13-27(39)44-18/h3-9,11-13,18-19,21-26,28-31,33,36-38,40-41H,10,14-17,34H2,1-2H3,(H,42,43)/b4-3+,7-5+,8-6+,11-9+,13-12+. The topological polar surface area (TPSA) is 239 Å². The highest BCUT2D eigenvalue weighted by Gasteiger charge is 2.43. The molecule has 14 nitrogen and oxygen atoms in total. The van der Waals surface area contributed by atoms with Crippen LogP contribution in [-0.4, -0.2) is 122 Å². The maximum absolute atomic E-state index is 12.6. The van der Waals surface area contributed by atoms with Gasteiger partial charge < -0.3 is 55.3 Å². The first kappa shape index (κ1) is 38.4. The van der Waals surface area contributed by atoms with Crippen molar-refractivity contribution in [2.24, 2.45) is 11.7 Å². The second-order valence-electron chi connectivity index (χ2n) is 12.1. The minimum atomic E-state index is -1.80. The predicted octanol–water partition coefficient (Wildman–Crippen LogP) is -0.0377. The minimum absolute atomic E-state index is 0.0692. The summed E-state index contributed by atoms with van der Waals surface area (Å²) in [6.07, 6.45) is 3.57. The lowest BCUT2D eigenvalue weighted by Crippen LogP contribution is -2.61. The largest absolute Gasteiger partial charge is 0.481 e. The lowest BCUT2D eigenvalue weighted by Gasteiger charge is -2.41. The first-order valence-corrected chi connectivity index (χ1v) is 15.7. The molecular weight excluding hydrogens is 618 g/mol. The van der Waals surface area contributed by atoms with Crippen LogP contribution in [0.2, 0.25) is 0 Å². The number of aliphatic carboxylic acids is 1. The van der Waals surface area contributed by atoms with E-state index in [0.29, 0.717) is 6.42 Å². The van der Waals surface area contributed by atoms with Crippen LogP contribution in [0.15, 0.2) is 60.8 Å². The van der Waals surface area contributed by atoms with Crippen LogP contribution < -0.4 is 5.73 Å². The van der Waals surface area contributed by atoms with Crippen LogP contribution in [0.5, 0.6) is 0 Å². The molecule has 47 heavy (non-hydrogen) atoms. The smallest absolute Gasteiger partial charge is 0.330 e. The van der Waals surface area contributed by atoms with Crippen molar-refractivity contribution in [3.05, 3.63) is 60.8 Å². The molecule has 0 aliphatic carbocycles. The molecule has 13 unspecified atom stereocenters. The Morgan fingerprint density at radius 1 is 0.872 bits per heavy atom. The molecule has 0 aromatic heterocycles. The maximum Gasteiger partial charge on any atom is 0.330 e. The number of rotatable bonds is 3. The zero-order valence-electron chi connectivity index (χ0n) is 26.4. The first-order valence-electron chi connectivity index (χ1n) is 15.7. The second kappa shape index (κ2) is 18.5. The number of aliphatic hydroxyl groups is 5. The fourth-order valence-electron chi connectivity index (χ4n) is 5.33. The molecule has 0 bridgehead atoms. The normalized spacial score (nSPS) is 43.4. The lowest BCUT2D eigenvalue weighted by atomic mass is 9.88.